The van der Waals surface area contributed by atoms with Crippen LogP contribution in [0.25, 0.3) is 0 Å². The maximum absolute atomic E-state index is 12.1. The molecule has 6 heteroatoms. The molecule has 2 atom stereocenters. The number of amides is 1. The third kappa shape index (κ3) is 2.65. The number of carbonyl (C=O) groups is 1. The summed E-state index contributed by atoms with van der Waals surface area (Å²) < 4.78 is 7.14. The summed E-state index contributed by atoms with van der Waals surface area (Å²) in [6.07, 6.45) is 1.67. The number of carbonyl (C=O) groups excluding carboxylic acids is 1. The van der Waals surface area contributed by atoms with Gasteiger partial charge in [-0.25, -0.2) is 0 Å². The summed E-state index contributed by atoms with van der Waals surface area (Å²) in [5.74, 6) is -0.0560. The van der Waals surface area contributed by atoms with Gasteiger partial charge in [0.25, 0.3) is 5.91 Å². The van der Waals surface area contributed by atoms with Crippen LogP contribution < -0.4 is 5.73 Å². The summed E-state index contributed by atoms with van der Waals surface area (Å²) in [6, 6.07) is 1.65. The van der Waals surface area contributed by atoms with Crippen molar-refractivity contribution in [3.05, 3.63) is 18.0 Å². The highest BCUT2D eigenvalue weighted by Gasteiger charge is 2.27. The third-order valence-corrected chi connectivity index (χ3v) is 2.90. The molecule has 6 nitrogen and oxygen atoms in total. The van der Waals surface area contributed by atoms with Crippen molar-refractivity contribution in [2.45, 2.75) is 19.1 Å². The number of hydrogen-bond donors (Lipinski definition) is 1. The summed E-state index contributed by atoms with van der Waals surface area (Å²) in [4.78, 5) is 13.9. The van der Waals surface area contributed by atoms with Crippen LogP contribution in [0.4, 0.5) is 0 Å². The van der Waals surface area contributed by atoms with Crippen LogP contribution in [0.1, 0.15) is 17.4 Å². The predicted octanol–water partition coefficient (Wildman–Crippen LogP) is -0.392. The fourth-order valence-corrected chi connectivity index (χ4v) is 1.87. The van der Waals surface area contributed by atoms with E-state index in [4.69, 9.17) is 10.5 Å². The molecule has 0 aromatic carbocycles. The molecule has 0 spiro atoms. The molecule has 2 unspecified atom stereocenters. The number of nitrogens with zero attached hydrogens (tertiary/aromatic N) is 3. The summed E-state index contributed by atoms with van der Waals surface area (Å²) >= 11 is 0. The van der Waals surface area contributed by atoms with E-state index >= 15 is 0 Å². The van der Waals surface area contributed by atoms with Gasteiger partial charge >= 0.3 is 0 Å². The lowest BCUT2D eigenvalue weighted by molar-refractivity contribution is -0.0301. The minimum absolute atomic E-state index is 0.0560. The number of morpholine rings is 1. The molecule has 94 valence electrons. The van der Waals surface area contributed by atoms with Crippen molar-refractivity contribution in [2.24, 2.45) is 12.8 Å². The molecule has 0 radical (unpaired) electrons. The van der Waals surface area contributed by atoms with Crippen molar-refractivity contribution in [3.63, 3.8) is 0 Å². The monoisotopic (exact) mass is 238 g/mol. The van der Waals surface area contributed by atoms with Gasteiger partial charge in [-0.2, -0.15) is 5.10 Å². The summed E-state index contributed by atoms with van der Waals surface area (Å²) in [7, 11) is 1.79. The second-order valence-electron chi connectivity index (χ2n) is 4.39. The molecule has 2 rings (SSSR count). The molecule has 0 aliphatic carbocycles. The Balaban J connectivity index is 2.04. The number of hydrogen-bond acceptors (Lipinski definition) is 4. The quantitative estimate of drug-likeness (QED) is 0.761. The Labute approximate surface area is 100 Å². The lowest BCUT2D eigenvalue weighted by Crippen LogP contribution is -2.51. The zero-order valence-corrected chi connectivity index (χ0v) is 10.2. The average Bonchev–Trinajstić information content (AvgIpc) is 2.75. The molecule has 0 saturated carbocycles. The van der Waals surface area contributed by atoms with Crippen LogP contribution in [0, 0.1) is 0 Å². The van der Waals surface area contributed by atoms with Gasteiger partial charge in [-0.3, -0.25) is 9.48 Å². The lowest BCUT2D eigenvalue weighted by atomic mass is 10.1. The van der Waals surface area contributed by atoms with Gasteiger partial charge in [0.15, 0.2) is 0 Å². The molecule has 0 bridgehead atoms. The van der Waals surface area contributed by atoms with Crippen LogP contribution in [-0.2, 0) is 11.8 Å². The van der Waals surface area contributed by atoms with Gasteiger partial charge in [0, 0.05) is 32.4 Å². The Morgan fingerprint density at radius 2 is 2.47 bits per heavy atom. The van der Waals surface area contributed by atoms with Crippen LogP contribution in [0.15, 0.2) is 12.3 Å². The Morgan fingerprint density at radius 1 is 1.71 bits per heavy atom. The minimum Gasteiger partial charge on any atom is -0.373 e. The fraction of sp³-hybridized carbons (Fsp3) is 0.636. The van der Waals surface area contributed by atoms with Crippen LogP contribution in [0.5, 0.6) is 0 Å². The van der Waals surface area contributed by atoms with E-state index in [0.717, 1.165) is 0 Å². The van der Waals surface area contributed by atoms with Crippen LogP contribution in [0.3, 0.4) is 0 Å². The first kappa shape index (κ1) is 12.1. The second kappa shape index (κ2) is 4.85. The Morgan fingerprint density at radius 3 is 3.06 bits per heavy atom. The summed E-state index contributed by atoms with van der Waals surface area (Å²) in [5, 5.41) is 4.11. The number of ether oxygens (including phenoxy) is 1. The van der Waals surface area contributed by atoms with Crippen molar-refractivity contribution in [1.82, 2.24) is 14.7 Å². The van der Waals surface area contributed by atoms with Crippen molar-refractivity contribution in [3.8, 4) is 0 Å². The van der Waals surface area contributed by atoms with E-state index in [2.05, 4.69) is 5.10 Å². The molecule has 1 fully saturated rings. The molecule has 17 heavy (non-hydrogen) atoms. The number of aromatic nitrogens is 2. The molecular formula is C11H18N4O2. The SMILES string of the molecule is CC(N)C1CN(C(=O)c2ccn(C)n2)CCO1. The zero-order chi connectivity index (χ0) is 12.4. The van der Waals surface area contributed by atoms with E-state index in [0.29, 0.717) is 25.4 Å². The highest BCUT2D eigenvalue weighted by atomic mass is 16.5. The van der Waals surface area contributed by atoms with Crippen molar-refractivity contribution < 1.29 is 9.53 Å². The number of rotatable bonds is 2. The van der Waals surface area contributed by atoms with Gasteiger partial charge < -0.3 is 15.4 Å². The van der Waals surface area contributed by atoms with Crippen LogP contribution in [-0.4, -0.2) is 52.4 Å². The molecular weight excluding hydrogens is 220 g/mol. The Kier molecular flexibility index (Phi) is 3.44. The fourth-order valence-electron chi connectivity index (χ4n) is 1.87. The van der Waals surface area contributed by atoms with Gasteiger partial charge in [-0.05, 0) is 13.0 Å². The van der Waals surface area contributed by atoms with E-state index in [1.165, 1.54) is 0 Å². The van der Waals surface area contributed by atoms with Gasteiger partial charge in [0.2, 0.25) is 0 Å². The van der Waals surface area contributed by atoms with Crippen LogP contribution in [0.2, 0.25) is 0 Å². The maximum atomic E-state index is 12.1. The molecule has 1 aromatic heterocycles. The molecule has 1 aliphatic heterocycles. The predicted molar refractivity (Wildman–Crippen MR) is 62.5 cm³/mol. The van der Waals surface area contributed by atoms with Crippen LogP contribution >= 0.6 is 0 Å². The topological polar surface area (TPSA) is 73.4 Å². The molecule has 1 saturated heterocycles. The number of aryl methyl sites for hydroxylation is 1. The highest BCUT2D eigenvalue weighted by Crippen LogP contribution is 2.11. The smallest absolute Gasteiger partial charge is 0.274 e. The zero-order valence-electron chi connectivity index (χ0n) is 10.2. The largest absolute Gasteiger partial charge is 0.373 e. The van der Waals surface area contributed by atoms with E-state index < -0.39 is 0 Å². The lowest BCUT2D eigenvalue weighted by Gasteiger charge is -2.34. The normalized spacial score (nSPS) is 22.5. The van der Waals surface area contributed by atoms with E-state index in [1.54, 1.807) is 28.9 Å². The van der Waals surface area contributed by atoms with Crippen molar-refractivity contribution >= 4 is 5.91 Å². The highest BCUT2D eigenvalue weighted by molar-refractivity contribution is 5.92. The average molecular weight is 238 g/mol. The third-order valence-electron chi connectivity index (χ3n) is 2.90. The summed E-state index contributed by atoms with van der Waals surface area (Å²) in [5.41, 5.74) is 6.26. The minimum atomic E-state index is -0.0867. The van der Waals surface area contributed by atoms with Crippen molar-refractivity contribution in [1.29, 1.82) is 0 Å². The molecule has 2 N–H and O–H groups in total. The van der Waals surface area contributed by atoms with E-state index in [1.807, 2.05) is 6.92 Å². The molecule has 1 aliphatic rings. The van der Waals surface area contributed by atoms with Crippen molar-refractivity contribution in [2.75, 3.05) is 19.7 Å². The van der Waals surface area contributed by atoms with Gasteiger partial charge in [-0.1, -0.05) is 0 Å². The first-order valence-corrected chi connectivity index (χ1v) is 5.74. The first-order chi connectivity index (χ1) is 8.08. The van der Waals surface area contributed by atoms with Gasteiger partial charge in [0.05, 0.1) is 12.7 Å². The van der Waals surface area contributed by atoms with E-state index in [-0.39, 0.29) is 18.1 Å². The van der Waals surface area contributed by atoms with E-state index in [9.17, 15) is 4.79 Å². The van der Waals surface area contributed by atoms with Gasteiger partial charge in [0.1, 0.15) is 5.69 Å². The molecule has 2 heterocycles. The Bertz CT molecular complexity index is 402. The standard InChI is InChI=1S/C11H18N4O2/c1-8(12)10-7-15(5-6-17-10)11(16)9-3-4-14(2)13-9/h3-4,8,10H,5-7,12H2,1-2H3. The number of nitrogens with two attached hydrogens (primary N) is 1. The maximum Gasteiger partial charge on any atom is 0.274 e. The Hall–Kier alpha value is -1.40. The molecule has 1 amide bonds. The summed E-state index contributed by atoms with van der Waals surface area (Å²) in [6.45, 7) is 3.55. The van der Waals surface area contributed by atoms with Gasteiger partial charge in [-0.15, -0.1) is 0 Å². The second-order valence-corrected chi connectivity index (χ2v) is 4.39. The molecule has 1 aromatic rings. The first-order valence-electron chi connectivity index (χ1n) is 5.74.